The lowest BCUT2D eigenvalue weighted by Gasteiger charge is -2.10. The summed E-state index contributed by atoms with van der Waals surface area (Å²) in [5.41, 5.74) is 8.96. The third-order valence-electron chi connectivity index (χ3n) is 11.1. The molecule has 57 heavy (non-hydrogen) atoms. The van der Waals surface area contributed by atoms with E-state index in [4.69, 9.17) is 15.0 Å². The number of aromatic nitrogens is 4. The maximum Gasteiger partial charge on any atom is 0.165 e. The van der Waals surface area contributed by atoms with Crippen molar-refractivity contribution in [2.24, 2.45) is 0 Å². The quantitative estimate of drug-likeness (QED) is 0.175. The van der Waals surface area contributed by atoms with Gasteiger partial charge >= 0.3 is 0 Å². The Bertz CT molecular complexity index is 3530. The average Bonchev–Trinajstić information content (AvgIpc) is 3.96. The maximum atomic E-state index is 5.21. The highest BCUT2D eigenvalue weighted by atomic mass is 32.1. The summed E-state index contributed by atoms with van der Waals surface area (Å²) in [7, 11) is 0. The predicted octanol–water partition coefficient (Wildman–Crippen LogP) is 14.4. The molecule has 0 fully saturated rings. The molecule has 0 aliphatic heterocycles. The van der Waals surface area contributed by atoms with Gasteiger partial charge in [0.2, 0.25) is 0 Å². The Labute approximate surface area is 335 Å². The lowest BCUT2D eigenvalue weighted by Crippen LogP contribution is -2.00. The minimum atomic E-state index is 0.663. The van der Waals surface area contributed by atoms with E-state index >= 15 is 0 Å². The molecule has 8 aromatic carbocycles. The van der Waals surface area contributed by atoms with Gasteiger partial charge in [-0.15, -0.1) is 22.7 Å². The molecular weight excluding hydrogens is 733 g/mol. The van der Waals surface area contributed by atoms with E-state index < -0.39 is 0 Å². The summed E-state index contributed by atoms with van der Waals surface area (Å²) in [6.45, 7) is 0. The Morgan fingerprint density at radius 2 is 1.00 bits per heavy atom. The number of hydrogen-bond acceptors (Lipinski definition) is 5. The molecule has 0 unspecified atom stereocenters. The second-order valence-corrected chi connectivity index (χ2v) is 16.5. The average molecular weight is 763 g/mol. The van der Waals surface area contributed by atoms with Gasteiger partial charge in [0.05, 0.1) is 11.0 Å². The smallest absolute Gasteiger partial charge is 0.165 e. The van der Waals surface area contributed by atoms with E-state index in [1.165, 1.54) is 73.3 Å². The normalized spacial score (nSPS) is 11.9. The third-order valence-corrected chi connectivity index (χ3v) is 13.4. The van der Waals surface area contributed by atoms with Gasteiger partial charge in [0, 0.05) is 73.5 Å². The van der Waals surface area contributed by atoms with Crippen molar-refractivity contribution < 1.29 is 0 Å². The molecule has 12 rings (SSSR count). The zero-order chi connectivity index (χ0) is 37.5. The van der Waals surface area contributed by atoms with Gasteiger partial charge < -0.3 is 4.57 Å². The lowest BCUT2D eigenvalue weighted by atomic mass is 9.97. The van der Waals surface area contributed by atoms with Crippen LogP contribution in [-0.2, 0) is 0 Å². The number of fused-ring (bicyclic) bond motifs is 9. The van der Waals surface area contributed by atoms with Gasteiger partial charge in [-0.05, 0) is 65.7 Å². The van der Waals surface area contributed by atoms with E-state index in [9.17, 15) is 0 Å². The van der Waals surface area contributed by atoms with E-state index in [0.29, 0.717) is 17.5 Å². The molecule has 0 aliphatic carbocycles. The van der Waals surface area contributed by atoms with Crippen LogP contribution in [0, 0.1) is 0 Å². The first-order chi connectivity index (χ1) is 28.2. The van der Waals surface area contributed by atoms with Crippen molar-refractivity contribution in [2.45, 2.75) is 0 Å². The molecule has 6 heteroatoms. The largest absolute Gasteiger partial charge is 0.309 e. The van der Waals surface area contributed by atoms with Crippen molar-refractivity contribution in [3.05, 3.63) is 182 Å². The van der Waals surface area contributed by atoms with Crippen molar-refractivity contribution in [3.63, 3.8) is 0 Å². The van der Waals surface area contributed by atoms with Gasteiger partial charge in [0.1, 0.15) is 0 Å². The highest BCUT2D eigenvalue weighted by Crippen LogP contribution is 2.44. The molecule has 0 aliphatic rings. The zero-order valence-electron chi connectivity index (χ0n) is 30.4. The first-order valence-corrected chi connectivity index (χ1v) is 20.7. The SMILES string of the molecule is c1ccc(-c2nc(-c3ccc4c(c3)sc3cccc(-c5ccc6c(c5)c5ccccc5n6-c5ccccc5)c34)nc(-c3cccc4c3sc3ccccc34)n2)cc1. The van der Waals surface area contributed by atoms with Crippen LogP contribution < -0.4 is 0 Å². The molecule has 0 radical (unpaired) electrons. The molecule has 0 N–H and O–H groups in total. The van der Waals surface area contributed by atoms with E-state index in [0.717, 1.165) is 22.4 Å². The Morgan fingerprint density at radius 1 is 0.351 bits per heavy atom. The van der Waals surface area contributed by atoms with Crippen LogP contribution in [0.25, 0.3) is 113 Å². The first-order valence-electron chi connectivity index (χ1n) is 19.0. The lowest BCUT2D eigenvalue weighted by molar-refractivity contribution is 1.08. The van der Waals surface area contributed by atoms with Crippen molar-refractivity contribution in [3.8, 4) is 51.0 Å². The Morgan fingerprint density at radius 3 is 1.88 bits per heavy atom. The molecule has 0 atom stereocenters. The highest BCUT2D eigenvalue weighted by Gasteiger charge is 2.19. The number of thiophene rings is 2. The van der Waals surface area contributed by atoms with E-state index in [1.54, 1.807) is 11.3 Å². The van der Waals surface area contributed by atoms with Crippen molar-refractivity contribution in [2.75, 3.05) is 0 Å². The molecule has 4 aromatic heterocycles. The molecule has 4 heterocycles. The second-order valence-electron chi connectivity index (χ2n) is 14.4. The van der Waals surface area contributed by atoms with Gasteiger partial charge in [-0.2, -0.15) is 0 Å². The highest BCUT2D eigenvalue weighted by molar-refractivity contribution is 7.26. The van der Waals surface area contributed by atoms with Crippen LogP contribution in [-0.4, -0.2) is 19.5 Å². The van der Waals surface area contributed by atoms with Crippen LogP contribution >= 0.6 is 22.7 Å². The topological polar surface area (TPSA) is 43.6 Å². The summed E-state index contributed by atoms with van der Waals surface area (Å²) in [6, 6.07) is 64.9. The van der Waals surface area contributed by atoms with Crippen LogP contribution in [0.5, 0.6) is 0 Å². The van der Waals surface area contributed by atoms with Crippen LogP contribution in [0.3, 0.4) is 0 Å². The van der Waals surface area contributed by atoms with Gasteiger partial charge in [-0.3, -0.25) is 0 Å². The molecule has 4 nitrogen and oxygen atoms in total. The summed E-state index contributed by atoms with van der Waals surface area (Å²) >= 11 is 3.61. The number of benzene rings is 8. The monoisotopic (exact) mass is 762 g/mol. The van der Waals surface area contributed by atoms with Crippen molar-refractivity contribution in [1.82, 2.24) is 19.5 Å². The van der Waals surface area contributed by atoms with Crippen LogP contribution in [0.4, 0.5) is 0 Å². The Balaban J connectivity index is 1.02. The molecule has 0 saturated carbocycles. The summed E-state index contributed by atoms with van der Waals surface area (Å²) in [5.74, 6) is 2.01. The van der Waals surface area contributed by atoms with Crippen molar-refractivity contribution >= 4 is 84.8 Å². The van der Waals surface area contributed by atoms with E-state index in [-0.39, 0.29) is 0 Å². The Kier molecular flexibility index (Phi) is 7.24. The fourth-order valence-corrected chi connectivity index (χ4v) is 10.8. The minimum Gasteiger partial charge on any atom is -0.309 e. The van der Waals surface area contributed by atoms with Gasteiger partial charge in [-0.25, -0.2) is 15.0 Å². The second kappa shape index (κ2) is 12.8. The summed E-state index contributed by atoms with van der Waals surface area (Å²) in [6.07, 6.45) is 0. The molecule has 0 saturated heterocycles. The number of nitrogens with zero attached hydrogens (tertiary/aromatic N) is 4. The molecule has 12 aromatic rings. The molecule has 0 amide bonds. The number of rotatable bonds is 5. The van der Waals surface area contributed by atoms with Crippen molar-refractivity contribution in [1.29, 1.82) is 0 Å². The van der Waals surface area contributed by atoms with Gasteiger partial charge in [-0.1, -0.05) is 127 Å². The minimum absolute atomic E-state index is 0.663. The summed E-state index contributed by atoms with van der Waals surface area (Å²) < 4.78 is 7.27. The predicted molar refractivity (Wildman–Crippen MR) is 242 cm³/mol. The third kappa shape index (κ3) is 5.15. The van der Waals surface area contributed by atoms with E-state index in [1.807, 2.05) is 29.5 Å². The fourth-order valence-electron chi connectivity index (χ4n) is 8.47. The number of hydrogen-bond donors (Lipinski definition) is 0. The molecule has 0 bridgehead atoms. The maximum absolute atomic E-state index is 5.21. The van der Waals surface area contributed by atoms with Gasteiger partial charge in [0.15, 0.2) is 17.5 Å². The van der Waals surface area contributed by atoms with E-state index in [2.05, 4.69) is 168 Å². The van der Waals surface area contributed by atoms with Gasteiger partial charge in [0.25, 0.3) is 0 Å². The molecular formula is C51H30N4S2. The summed E-state index contributed by atoms with van der Waals surface area (Å²) in [4.78, 5) is 15.4. The fraction of sp³-hybridized carbons (Fsp3) is 0. The molecule has 266 valence electrons. The number of para-hydroxylation sites is 2. The van der Waals surface area contributed by atoms with Crippen LogP contribution in [0.1, 0.15) is 0 Å². The zero-order valence-corrected chi connectivity index (χ0v) is 32.1. The Hall–Kier alpha value is -6.99. The standard InChI is InChI=1S/C51H30N4S2/c1-3-13-31(14-4-1)49-52-50(54-51(53-49)40-21-11-20-38-37-18-8-10-23-44(37)57-48(38)40)33-25-27-39-46(30-33)56-45-24-12-19-35(47(39)45)32-26-28-43-41(29-32)36-17-7-9-22-42(36)55(43)34-15-5-2-6-16-34/h1-30H. The van der Waals surface area contributed by atoms with Crippen LogP contribution in [0.15, 0.2) is 182 Å². The molecule has 0 spiro atoms. The first kappa shape index (κ1) is 32.3. The summed E-state index contributed by atoms with van der Waals surface area (Å²) in [5, 5.41) is 7.48. The van der Waals surface area contributed by atoms with Crippen LogP contribution in [0.2, 0.25) is 0 Å².